The van der Waals surface area contributed by atoms with Crippen molar-refractivity contribution in [2.75, 3.05) is 6.54 Å². The van der Waals surface area contributed by atoms with Crippen molar-refractivity contribution in [1.29, 1.82) is 0 Å². The van der Waals surface area contributed by atoms with Gasteiger partial charge in [-0.05, 0) is 49.4 Å². The van der Waals surface area contributed by atoms with E-state index in [0.29, 0.717) is 0 Å². The molecule has 2 bridgehead atoms. The summed E-state index contributed by atoms with van der Waals surface area (Å²) in [6.45, 7) is 1.11. The van der Waals surface area contributed by atoms with Crippen LogP contribution in [0.5, 0.6) is 0 Å². The Balaban J connectivity index is 1.91. The molecule has 0 aromatic heterocycles. The standard InChI is InChI=1S/C12H14FN/c13-11-3-1-10(2-4-11)12-7-9(8-12)5-6-14-12/h1-4,9,14H,5-8H2. The van der Waals surface area contributed by atoms with Crippen LogP contribution in [0.4, 0.5) is 4.39 Å². The van der Waals surface area contributed by atoms with Crippen molar-refractivity contribution in [3.63, 3.8) is 0 Å². The van der Waals surface area contributed by atoms with E-state index in [0.717, 1.165) is 12.5 Å². The van der Waals surface area contributed by atoms with Gasteiger partial charge in [-0.2, -0.15) is 0 Å². The molecule has 0 amide bonds. The van der Waals surface area contributed by atoms with Crippen LogP contribution in [0.3, 0.4) is 0 Å². The van der Waals surface area contributed by atoms with E-state index in [9.17, 15) is 4.39 Å². The molecule has 0 radical (unpaired) electrons. The quantitative estimate of drug-likeness (QED) is 0.718. The van der Waals surface area contributed by atoms with E-state index in [-0.39, 0.29) is 11.4 Å². The Bertz CT molecular complexity index is 332. The van der Waals surface area contributed by atoms with E-state index >= 15 is 0 Å². The third-order valence-electron chi connectivity index (χ3n) is 3.69. The summed E-state index contributed by atoms with van der Waals surface area (Å²) in [5, 5.41) is 3.57. The maximum atomic E-state index is 12.8. The second-order valence-electron chi connectivity index (χ2n) is 4.58. The second kappa shape index (κ2) is 2.80. The highest BCUT2D eigenvalue weighted by molar-refractivity contribution is 5.29. The van der Waals surface area contributed by atoms with Crippen LogP contribution < -0.4 is 5.32 Å². The molecule has 3 aliphatic rings. The first-order valence-electron chi connectivity index (χ1n) is 5.30. The van der Waals surface area contributed by atoms with Crippen molar-refractivity contribution in [3.05, 3.63) is 35.6 Å². The van der Waals surface area contributed by atoms with Crippen molar-refractivity contribution in [3.8, 4) is 0 Å². The predicted molar refractivity (Wildman–Crippen MR) is 53.4 cm³/mol. The molecule has 3 fully saturated rings. The summed E-state index contributed by atoms with van der Waals surface area (Å²) in [5.74, 6) is 0.762. The van der Waals surface area contributed by atoms with Gasteiger partial charge in [0.25, 0.3) is 0 Å². The molecule has 2 aliphatic heterocycles. The van der Waals surface area contributed by atoms with Crippen molar-refractivity contribution in [1.82, 2.24) is 5.32 Å². The number of hydrogen-bond acceptors (Lipinski definition) is 1. The maximum absolute atomic E-state index is 12.8. The normalized spacial score (nSPS) is 35.1. The van der Waals surface area contributed by atoms with Gasteiger partial charge in [-0.25, -0.2) is 4.39 Å². The lowest BCUT2D eigenvalue weighted by Crippen LogP contribution is -2.57. The lowest BCUT2D eigenvalue weighted by atomic mass is 9.61. The third-order valence-corrected chi connectivity index (χ3v) is 3.69. The zero-order valence-electron chi connectivity index (χ0n) is 8.09. The zero-order valence-corrected chi connectivity index (χ0v) is 8.09. The Morgan fingerprint density at radius 3 is 2.50 bits per heavy atom. The molecule has 0 spiro atoms. The van der Waals surface area contributed by atoms with Gasteiger partial charge in [-0.3, -0.25) is 0 Å². The summed E-state index contributed by atoms with van der Waals surface area (Å²) in [7, 11) is 0. The van der Waals surface area contributed by atoms with E-state index in [1.807, 2.05) is 12.1 Å². The van der Waals surface area contributed by atoms with E-state index in [1.165, 1.54) is 24.8 Å². The average molecular weight is 191 g/mol. The molecular weight excluding hydrogens is 177 g/mol. The Morgan fingerprint density at radius 2 is 1.93 bits per heavy atom. The molecule has 1 aromatic carbocycles. The van der Waals surface area contributed by atoms with Gasteiger partial charge in [0, 0.05) is 5.54 Å². The van der Waals surface area contributed by atoms with Gasteiger partial charge in [-0.15, -0.1) is 0 Å². The van der Waals surface area contributed by atoms with Gasteiger partial charge in [-0.1, -0.05) is 12.1 Å². The first kappa shape index (κ1) is 8.42. The lowest BCUT2D eigenvalue weighted by molar-refractivity contribution is 0.0501. The first-order chi connectivity index (χ1) is 6.78. The fourth-order valence-electron chi connectivity index (χ4n) is 2.90. The number of rotatable bonds is 1. The zero-order chi connectivity index (χ0) is 9.60. The number of halogens is 1. The van der Waals surface area contributed by atoms with Crippen LogP contribution in [0.1, 0.15) is 24.8 Å². The molecule has 2 heterocycles. The van der Waals surface area contributed by atoms with Crippen LogP contribution in [0.25, 0.3) is 0 Å². The van der Waals surface area contributed by atoms with Crippen LogP contribution in [-0.2, 0) is 5.54 Å². The number of hydrogen-bond donors (Lipinski definition) is 1. The largest absolute Gasteiger partial charge is 0.307 e. The molecule has 74 valence electrons. The van der Waals surface area contributed by atoms with Crippen LogP contribution >= 0.6 is 0 Å². The van der Waals surface area contributed by atoms with Gasteiger partial charge in [0.05, 0.1) is 0 Å². The van der Waals surface area contributed by atoms with Crippen molar-refractivity contribution in [2.24, 2.45) is 5.92 Å². The molecule has 2 heteroatoms. The van der Waals surface area contributed by atoms with Gasteiger partial charge in [0.1, 0.15) is 5.82 Å². The molecule has 1 N–H and O–H groups in total. The smallest absolute Gasteiger partial charge is 0.123 e. The third kappa shape index (κ3) is 1.10. The van der Waals surface area contributed by atoms with E-state index in [2.05, 4.69) is 5.32 Å². The van der Waals surface area contributed by atoms with E-state index in [1.54, 1.807) is 12.1 Å². The highest BCUT2D eigenvalue weighted by atomic mass is 19.1. The molecule has 1 saturated carbocycles. The van der Waals surface area contributed by atoms with E-state index in [4.69, 9.17) is 0 Å². The monoisotopic (exact) mass is 191 g/mol. The van der Waals surface area contributed by atoms with Crippen molar-refractivity contribution in [2.45, 2.75) is 24.8 Å². The summed E-state index contributed by atoms with van der Waals surface area (Å²) in [5.41, 5.74) is 1.45. The van der Waals surface area contributed by atoms with Crippen molar-refractivity contribution >= 4 is 0 Å². The molecule has 1 aliphatic carbocycles. The minimum Gasteiger partial charge on any atom is -0.307 e. The van der Waals surface area contributed by atoms with Crippen LogP contribution in [0.2, 0.25) is 0 Å². The number of fused-ring (bicyclic) bond motifs is 2. The first-order valence-corrected chi connectivity index (χ1v) is 5.30. The maximum Gasteiger partial charge on any atom is 0.123 e. The number of piperidine rings is 2. The molecule has 0 atom stereocenters. The van der Waals surface area contributed by atoms with Crippen LogP contribution in [0.15, 0.2) is 24.3 Å². The Kier molecular flexibility index (Phi) is 1.68. The summed E-state index contributed by atoms with van der Waals surface area (Å²) >= 11 is 0. The molecule has 0 unspecified atom stereocenters. The molecule has 1 aromatic rings. The fourth-order valence-corrected chi connectivity index (χ4v) is 2.90. The molecule has 14 heavy (non-hydrogen) atoms. The van der Waals surface area contributed by atoms with Gasteiger partial charge >= 0.3 is 0 Å². The fraction of sp³-hybridized carbons (Fsp3) is 0.500. The summed E-state index contributed by atoms with van der Waals surface area (Å²) in [4.78, 5) is 0. The lowest BCUT2D eigenvalue weighted by Gasteiger charge is -2.53. The topological polar surface area (TPSA) is 12.0 Å². The van der Waals surface area contributed by atoms with Crippen LogP contribution in [-0.4, -0.2) is 6.54 Å². The minimum atomic E-state index is -0.142. The predicted octanol–water partition coefficient (Wildman–Crippen LogP) is 2.42. The Morgan fingerprint density at radius 1 is 1.21 bits per heavy atom. The summed E-state index contributed by atoms with van der Waals surface area (Å²) < 4.78 is 12.8. The summed E-state index contributed by atoms with van der Waals surface area (Å²) in [6, 6.07) is 6.97. The minimum absolute atomic E-state index is 0.142. The number of benzene rings is 1. The highest BCUT2D eigenvalue weighted by Gasteiger charge is 2.47. The van der Waals surface area contributed by atoms with Gasteiger partial charge in [0.2, 0.25) is 0 Å². The highest BCUT2D eigenvalue weighted by Crippen LogP contribution is 2.49. The van der Waals surface area contributed by atoms with E-state index < -0.39 is 0 Å². The van der Waals surface area contributed by atoms with Gasteiger partial charge in [0.15, 0.2) is 0 Å². The SMILES string of the molecule is Fc1ccc(C23CC(CCN2)C3)cc1. The second-order valence-corrected chi connectivity index (χ2v) is 4.58. The summed E-state index contributed by atoms with van der Waals surface area (Å²) in [6.07, 6.45) is 3.78. The van der Waals surface area contributed by atoms with Gasteiger partial charge < -0.3 is 5.32 Å². The number of nitrogens with one attached hydrogen (secondary N) is 1. The van der Waals surface area contributed by atoms with Crippen LogP contribution in [0, 0.1) is 11.7 Å². The molecular formula is C12H14FN. The average Bonchev–Trinajstić information content (AvgIpc) is 2.18. The van der Waals surface area contributed by atoms with Crippen molar-refractivity contribution < 1.29 is 4.39 Å². The molecule has 4 rings (SSSR count). The Labute approximate surface area is 83.3 Å². The molecule has 2 saturated heterocycles. The molecule has 1 nitrogen and oxygen atoms in total. The Hall–Kier alpha value is -0.890.